The zero-order valence-corrected chi connectivity index (χ0v) is 19.5. The monoisotopic (exact) mass is 471 g/mol. The molecule has 0 saturated heterocycles. The second kappa shape index (κ2) is 10.5. The Hall–Kier alpha value is -3.70. The molecule has 0 unspecified atom stereocenters. The van der Waals surface area contributed by atoms with Gasteiger partial charge in [0.25, 0.3) is 5.91 Å². The van der Waals surface area contributed by atoms with Crippen LogP contribution >= 0.6 is 11.8 Å². The maximum atomic E-state index is 14.3. The summed E-state index contributed by atoms with van der Waals surface area (Å²) >= 11 is 1.55. The van der Waals surface area contributed by atoms with Crippen LogP contribution in [0, 0.1) is 18.6 Å². The number of nitrogens with one attached hydrogen (secondary N) is 1. The van der Waals surface area contributed by atoms with Gasteiger partial charge in [0, 0.05) is 27.5 Å². The minimum Gasteiger partial charge on any atom is -0.348 e. The van der Waals surface area contributed by atoms with Gasteiger partial charge in [-0.2, -0.15) is 0 Å². The fraction of sp³-hybridized carbons (Fsp3) is 0.0690. The molecule has 0 heterocycles. The molecule has 0 atom stereocenters. The van der Waals surface area contributed by atoms with Crippen molar-refractivity contribution in [2.75, 3.05) is 0 Å². The van der Waals surface area contributed by atoms with E-state index in [1.807, 2.05) is 43.3 Å². The molecule has 1 N–H and O–H groups in total. The molecule has 5 heteroatoms. The Morgan fingerprint density at radius 1 is 0.853 bits per heavy atom. The number of carbonyl (C=O) groups is 1. The summed E-state index contributed by atoms with van der Waals surface area (Å²) in [5, 5.41) is 2.86. The molecule has 0 aliphatic carbocycles. The molecule has 0 spiro atoms. The number of benzene rings is 4. The summed E-state index contributed by atoms with van der Waals surface area (Å²) in [7, 11) is 0. The number of hydrogen-bond acceptors (Lipinski definition) is 2. The summed E-state index contributed by atoms with van der Waals surface area (Å²) in [6, 6.07) is 25.9. The number of rotatable bonds is 7. The van der Waals surface area contributed by atoms with E-state index in [1.165, 1.54) is 18.2 Å². The third-order valence-electron chi connectivity index (χ3n) is 5.43. The Morgan fingerprint density at radius 3 is 2.24 bits per heavy atom. The number of carbonyl (C=O) groups excluding carboxylic acids is 1. The van der Waals surface area contributed by atoms with E-state index < -0.39 is 0 Å². The highest BCUT2D eigenvalue weighted by Crippen LogP contribution is 2.37. The van der Waals surface area contributed by atoms with Crippen molar-refractivity contribution in [3.05, 3.63) is 137 Å². The number of aryl methyl sites for hydroxylation is 1. The van der Waals surface area contributed by atoms with Gasteiger partial charge in [-0.3, -0.25) is 4.79 Å². The Labute approximate surface area is 202 Å². The normalized spacial score (nSPS) is 10.7. The van der Waals surface area contributed by atoms with Gasteiger partial charge in [-0.05, 0) is 71.7 Å². The van der Waals surface area contributed by atoms with Crippen molar-refractivity contribution < 1.29 is 13.6 Å². The molecular formula is C29H23F2NOS. The summed E-state index contributed by atoms with van der Waals surface area (Å²) < 4.78 is 27.4. The largest absolute Gasteiger partial charge is 0.348 e. The molecule has 4 rings (SSSR count). The first-order chi connectivity index (χ1) is 16.4. The van der Waals surface area contributed by atoms with Gasteiger partial charge in [0.15, 0.2) is 0 Å². The zero-order chi connectivity index (χ0) is 24.1. The van der Waals surface area contributed by atoms with Crippen LogP contribution < -0.4 is 5.32 Å². The van der Waals surface area contributed by atoms with Crippen molar-refractivity contribution in [1.29, 1.82) is 0 Å². The van der Waals surface area contributed by atoms with Crippen molar-refractivity contribution in [3.63, 3.8) is 0 Å². The van der Waals surface area contributed by atoms with Gasteiger partial charge in [-0.15, -0.1) is 0 Å². The van der Waals surface area contributed by atoms with Gasteiger partial charge in [0.1, 0.15) is 11.6 Å². The highest BCUT2D eigenvalue weighted by atomic mass is 32.2. The number of halogens is 2. The molecule has 0 aliphatic heterocycles. The van der Waals surface area contributed by atoms with Crippen molar-refractivity contribution in [3.8, 4) is 0 Å². The molecule has 4 aromatic rings. The van der Waals surface area contributed by atoms with Crippen LogP contribution in [0.25, 0.3) is 5.57 Å². The lowest BCUT2D eigenvalue weighted by Crippen LogP contribution is -2.22. The van der Waals surface area contributed by atoms with Crippen molar-refractivity contribution in [2.24, 2.45) is 0 Å². The van der Waals surface area contributed by atoms with Gasteiger partial charge < -0.3 is 5.32 Å². The summed E-state index contributed by atoms with van der Waals surface area (Å²) in [6.45, 7) is 6.41. The van der Waals surface area contributed by atoms with Crippen molar-refractivity contribution in [2.45, 2.75) is 23.3 Å². The second-order valence-electron chi connectivity index (χ2n) is 7.85. The summed E-state index contributed by atoms with van der Waals surface area (Å²) in [6.07, 6.45) is 0. The van der Waals surface area contributed by atoms with Crippen LogP contribution in [0.2, 0.25) is 0 Å². The van der Waals surface area contributed by atoms with Crippen LogP contribution in [0.15, 0.2) is 107 Å². The molecule has 0 bridgehead atoms. The smallest absolute Gasteiger partial charge is 0.251 e. The van der Waals surface area contributed by atoms with Gasteiger partial charge >= 0.3 is 0 Å². The van der Waals surface area contributed by atoms with E-state index in [1.54, 1.807) is 48.2 Å². The van der Waals surface area contributed by atoms with Crippen molar-refractivity contribution >= 4 is 23.2 Å². The van der Waals surface area contributed by atoms with Crippen LogP contribution in [0.5, 0.6) is 0 Å². The van der Waals surface area contributed by atoms with E-state index in [0.717, 1.165) is 26.5 Å². The quantitative estimate of drug-likeness (QED) is 0.304. The number of amides is 1. The van der Waals surface area contributed by atoms with E-state index in [-0.39, 0.29) is 17.5 Å². The first kappa shape index (κ1) is 23.5. The average Bonchev–Trinajstić information content (AvgIpc) is 2.85. The zero-order valence-electron chi connectivity index (χ0n) is 18.6. The van der Waals surface area contributed by atoms with Crippen LogP contribution in [-0.4, -0.2) is 5.91 Å². The fourth-order valence-electron chi connectivity index (χ4n) is 3.57. The van der Waals surface area contributed by atoms with Gasteiger partial charge in [-0.25, -0.2) is 8.78 Å². The molecule has 170 valence electrons. The molecule has 0 aliphatic rings. The van der Waals surface area contributed by atoms with Crippen LogP contribution in [-0.2, 0) is 6.54 Å². The van der Waals surface area contributed by atoms with Crippen LogP contribution in [0.1, 0.15) is 32.6 Å². The first-order valence-corrected chi connectivity index (χ1v) is 11.6. The molecule has 0 saturated carbocycles. The maximum absolute atomic E-state index is 14.3. The second-order valence-corrected chi connectivity index (χ2v) is 8.93. The van der Waals surface area contributed by atoms with E-state index in [0.29, 0.717) is 23.2 Å². The van der Waals surface area contributed by atoms with Crippen molar-refractivity contribution in [1.82, 2.24) is 5.32 Å². The van der Waals surface area contributed by atoms with Gasteiger partial charge in [-0.1, -0.05) is 66.9 Å². The summed E-state index contributed by atoms with van der Waals surface area (Å²) in [5.41, 5.74) is 4.28. The SMILES string of the molecule is C=C(c1ccccc1F)c1ccccc1Sc1ccc(C(=O)NCc2ccc(F)cc2)cc1C. The van der Waals surface area contributed by atoms with Crippen LogP contribution in [0.3, 0.4) is 0 Å². The highest BCUT2D eigenvalue weighted by molar-refractivity contribution is 7.99. The summed E-state index contributed by atoms with van der Waals surface area (Å²) in [5.74, 6) is -0.811. The Balaban J connectivity index is 1.50. The lowest BCUT2D eigenvalue weighted by atomic mass is 9.99. The van der Waals surface area contributed by atoms with E-state index >= 15 is 0 Å². The van der Waals surface area contributed by atoms with Gasteiger partial charge in [0.2, 0.25) is 0 Å². The Bertz CT molecular complexity index is 1350. The lowest BCUT2D eigenvalue weighted by Gasteiger charge is -2.14. The average molecular weight is 472 g/mol. The first-order valence-electron chi connectivity index (χ1n) is 10.8. The molecular weight excluding hydrogens is 448 g/mol. The maximum Gasteiger partial charge on any atom is 0.251 e. The minimum atomic E-state index is -0.308. The topological polar surface area (TPSA) is 29.1 Å². The van der Waals surface area contributed by atoms with Crippen LogP contribution in [0.4, 0.5) is 8.78 Å². The molecule has 34 heavy (non-hydrogen) atoms. The molecule has 1 amide bonds. The predicted octanol–water partition coefficient (Wildman–Crippen LogP) is 7.42. The Morgan fingerprint density at radius 2 is 1.53 bits per heavy atom. The Kier molecular flexibility index (Phi) is 7.24. The minimum absolute atomic E-state index is 0.197. The third-order valence-corrected chi connectivity index (χ3v) is 6.69. The lowest BCUT2D eigenvalue weighted by molar-refractivity contribution is 0.0950. The fourth-order valence-corrected chi connectivity index (χ4v) is 4.61. The van der Waals surface area contributed by atoms with E-state index in [2.05, 4.69) is 11.9 Å². The predicted molar refractivity (Wildman–Crippen MR) is 134 cm³/mol. The van der Waals surface area contributed by atoms with Gasteiger partial charge in [0.05, 0.1) is 0 Å². The molecule has 0 fully saturated rings. The highest BCUT2D eigenvalue weighted by Gasteiger charge is 2.14. The van der Waals surface area contributed by atoms with E-state index in [9.17, 15) is 13.6 Å². The molecule has 0 radical (unpaired) electrons. The number of hydrogen-bond donors (Lipinski definition) is 1. The molecule has 4 aromatic carbocycles. The van der Waals surface area contributed by atoms with E-state index in [4.69, 9.17) is 0 Å². The third kappa shape index (κ3) is 5.43. The standard InChI is InChI=1S/C29H23F2NOS/c1-19-17-22(29(33)32-18-21-11-14-23(30)15-12-21)13-16-27(19)34-28-10-6-4-8-25(28)20(2)24-7-3-5-9-26(24)31/h3-17H,2,18H2,1H3,(H,32,33). The molecule has 2 nitrogen and oxygen atoms in total. The summed E-state index contributed by atoms with van der Waals surface area (Å²) in [4.78, 5) is 14.5. The molecule has 0 aromatic heterocycles.